The SMILES string of the molecule is O=C(OP)OCOC(=O)c1ccccc1. The zero-order valence-corrected chi connectivity index (χ0v) is 8.87. The first-order valence-corrected chi connectivity index (χ1v) is 4.47. The lowest BCUT2D eigenvalue weighted by Crippen LogP contribution is -2.11. The molecule has 0 N–H and O–H groups in total. The van der Waals surface area contributed by atoms with E-state index in [1.54, 1.807) is 39.8 Å². The van der Waals surface area contributed by atoms with Crippen LogP contribution in [0.4, 0.5) is 4.79 Å². The van der Waals surface area contributed by atoms with E-state index < -0.39 is 18.9 Å². The predicted octanol–water partition coefficient (Wildman–Crippen LogP) is 1.74. The minimum atomic E-state index is -0.930. The van der Waals surface area contributed by atoms with Crippen molar-refractivity contribution in [2.75, 3.05) is 6.79 Å². The molecular weight excluding hydrogens is 219 g/mol. The molecule has 0 aromatic heterocycles. The van der Waals surface area contributed by atoms with E-state index in [1.807, 2.05) is 0 Å². The molecule has 0 amide bonds. The van der Waals surface area contributed by atoms with Crippen LogP contribution in [0.3, 0.4) is 0 Å². The monoisotopic (exact) mass is 228 g/mol. The van der Waals surface area contributed by atoms with Crippen LogP contribution in [0.1, 0.15) is 10.4 Å². The fourth-order valence-corrected chi connectivity index (χ4v) is 0.891. The molecule has 1 rings (SSSR count). The molecule has 15 heavy (non-hydrogen) atoms. The predicted molar refractivity (Wildman–Crippen MR) is 54.0 cm³/mol. The molecule has 6 heteroatoms. The Labute approximate surface area is 88.6 Å². The van der Waals surface area contributed by atoms with Crippen molar-refractivity contribution in [3.05, 3.63) is 35.9 Å². The summed E-state index contributed by atoms with van der Waals surface area (Å²) in [4.78, 5) is 21.7. The molecule has 5 nitrogen and oxygen atoms in total. The average molecular weight is 228 g/mol. The number of hydrogen-bond acceptors (Lipinski definition) is 5. The minimum absolute atomic E-state index is 0.389. The van der Waals surface area contributed by atoms with Crippen LogP contribution in [0.5, 0.6) is 0 Å². The third-order valence-corrected chi connectivity index (χ3v) is 1.66. The first-order valence-electron chi connectivity index (χ1n) is 3.99. The molecule has 0 saturated carbocycles. The Balaban J connectivity index is 2.34. The van der Waals surface area contributed by atoms with Crippen molar-refractivity contribution < 1.29 is 23.6 Å². The number of ether oxygens (including phenoxy) is 2. The summed E-state index contributed by atoms with van der Waals surface area (Å²) in [7, 11) is 1.72. The van der Waals surface area contributed by atoms with Crippen LogP contribution in [0, 0.1) is 0 Å². The number of rotatable bonds is 3. The molecule has 0 heterocycles. The van der Waals surface area contributed by atoms with E-state index in [2.05, 4.69) is 14.0 Å². The molecule has 0 saturated heterocycles. The fourth-order valence-electron chi connectivity index (χ4n) is 0.823. The van der Waals surface area contributed by atoms with E-state index in [-0.39, 0.29) is 0 Å². The summed E-state index contributed by atoms with van der Waals surface area (Å²) in [6.07, 6.45) is -0.930. The second-order valence-corrected chi connectivity index (χ2v) is 2.66. The van der Waals surface area contributed by atoms with Gasteiger partial charge in [-0.3, -0.25) is 0 Å². The van der Waals surface area contributed by atoms with Crippen molar-refractivity contribution in [1.82, 2.24) is 0 Å². The molecule has 1 atom stereocenters. The second kappa shape index (κ2) is 5.98. The molecule has 0 aliphatic rings. The Morgan fingerprint density at radius 2 is 1.80 bits per heavy atom. The molecule has 0 radical (unpaired) electrons. The van der Waals surface area contributed by atoms with Gasteiger partial charge in [0.15, 0.2) is 0 Å². The third kappa shape index (κ3) is 3.95. The van der Waals surface area contributed by atoms with Gasteiger partial charge in [-0.25, -0.2) is 9.59 Å². The highest BCUT2D eigenvalue weighted by molar-refractivity contribution is 7.10. The maximum absolute atomic E-state index is 11.3. The lowest BCUT2D eigenvalue weighted by atomic mass is 10.2. The molecule has 1 unspecified atom stereocenters. The van der Waals surface area contributed by atoms with Gasteiger partial charge in [-0.2, -0.15) is 0 Å². The van der Waals surface area contributed by atoms with E-state index >= 15 is 0 Å². The topological polar surface area (TPSA) is 61.8 Å². The van der Waals surface area contributed by atoms with Crippen molar-refractivity contribution in [3.8, 4) is 0 Å². The third-order valence-electron chi connectivity index (χ3n) is 1.47. The standard InChI is InChI=1S/C9H9O5P/c10-8(7-4-2-1-3-5-7)12-6-13-9(11)14-15/h1-5H,6,15H2. The van der Waals surface area contributed by atoms with Gasteiger partial charge in [-0.1, -0.05) is 18.2 Å². The summed E-state index contributed by atoms with van der Waals surface area (Å²) in [5.74, 6) is -0.563. The van der Waals surface area contributed by atoms with Crippen molar-refractivity contribution in [2.45, 2.75) is 0 Å². The van der Waals surface area contributed by atoms with Crippen molar-refractivity contribution in [1.29, 1.82) is 0 Å². The van der Waals surface area contributed by atoms with Gasteiger partial charge in [0.2, 0.25) is 6.79 Å². The molecule has 0 bridgehead atoms. The fraction of sp³-hybridized carbons (Fsp3) is 0.111. The van der Waals surface area contributed by atoms with Gasteiger partial charge in [0.05, 0.1) is 15.0 Å². The number of esters is 1. The van der Waals surface area contributed by atoms with Crippen molar-refractivity contribution in [2.24, 2.45) is 0 Å². The van der Waals surface area contributed by atoms with Crippen LogP contribution in [0.2, 0.25) is 0 Å². The molecule has 0 spiro atoms. The van der Waals surface area contributed by atoms with Crippen LogP contribution in [0.15, 0.2) is 30.3 Å². The summed E-state index contributed by atoms with van der Waals surface area (Å²) >= 11 is 0. The zero-order chi connectivity index (χ0) is 11.1. The quantitative estimate of drug-likeness (QED) is 0.448. The maximum atomic E-state index is 11.3. The highest BCUT2D eigenvalue weighted by Gasteiger charge is 2.07. The summed E-state index contributed by atoms with van der Waals surface area (Å²) in [6, 6.07) is 8.37. The van der Waals surface area contributed by atoms with Crippen LogP contribution in [0.25, 0.3) is 0 Å². The maximum Gasteiger partial charge on any atom is 0.513 e. The van der Waals surface area contributed by atoms with E-state index in [4.69, 9.17) is 0 Å². The van der Waals surface area contributed by atoms with E-state index in [0.29, 0.717) is 5.56 Å². The Morgan fingerprint density at radius 3 is 2.40 bits per heavy atom. The van der Waals surface area contributed by atoms with Gasteiger partial charge in [-0.05, 0) is 12.1 Å². The highest BCUT2D eigenvalue weighted by atomic mass is 31.0. The molecule has 0 aliphatic carbocycles. The van der Waals surface area contributed by atoms with E-state index in [1.165, 1.54) is 0 Å². The lowest BCUT2D eigenvalue weighted by molar-refractivity contribution is -0.0126. The highest BCUT2D eigenvalue weighted by Crippen LogP contribution is 2.01. The van der Waals surface area contributed by atoms with Gasteiger partial charge < -0.3 is 14.0 Å². The van der Waals surface area contributed by atoms with Gasteiger partial charge >= 0.3 is 12.1 Å². The zero-order valence-electron chi connectivity index (χ0n) is 7.71. The molecular formula is C9H9O5P. The molecule has 1 aromatic carbocycles. The van der Waals surface area contributed by atoms with Crippen LogP contribution < -0.4 is 0 Å². The summed E-state index contributed by atoms with van der Waals surface area (Å²) in [6.45, 7) is -0.471. The summed E-state index contributed by atoms with van der Waals surface area (Å²) in [5, 5.41) is 0. The first-order chi connectivity index (χ1) is 7.24. The Morgan fingerprint density at radius 1 is 1.13 bits per heavy atom. The second-order valence-electron chi connectivity index (χ2n) is 2.43. The first kappa shape index (κ1) is 11.5. The average Bonchev–Trinajstić information content (AvgIpc) is 2.29. The Bertz CT molecular complexity index is 338. The number of hydrogen-bond donors (Lipinski definition) is 0. The van der Waals surface area contributed by atoms with Crippen molar-refractivity contribution >= 4 is 21.6 Å². The van der Waals surface area contributed by atoms with E-state index in [0.717, 1.165) is 0 Å². The largest absolute Gasteiger partial charge is 0.513 e. The lowest BCUT2D eigenvalue weighted by Gasteiger charge is -2.04. The Kier molecular flexibility index (Phi) is 4.57. The van der Waals surface area contributed by atoms with Crippen LogP contribution in [-0.2, 0) is 14.0 Å². The molecule has 1 aromatic rings. The number of carbonyl (C=O) groups excluding carboxylic acids is 2. The van der Waals surface area contributed by atoms with Crippen LogP contribution >= 0.6 is 9.47 Å². The van der Waals surface area contributed by atoms with Gasteiger partial charge in [0.25, 0.3) is 0 Å². The Hall–Kier alpha value is -1.61. The molecule has 0 fully saturated rings. The van der Waals surface area contributed by atoms with Crippen molar-refractivity contribution in [3.63, 3.8) is 0 Å². The minimum Gasteiger partial charge on any atom is -0.424 e. The smallest absolute Gasteiger partial charge is 0.424 e. The number of benzene rings is 1. The van der Waals surface area contributed by atoms with Crippen LogP contribution in [-0.4, -0.2) is 18.9 Å². The molecule has 80 valence electrons. The van der Waals surface area contributed by atoms with Gasteiger partial charge in [0, 0.05) is 0 Å². The molecule has 0 aliphatic heterocycles. The number of carbonyl (C=O) groups is 2. The normalized spacial score (nSPS) is 9.13. The van der Waals surface area contributed by atoms with E-state index in [9.17, 15) is 9.59 Å². The van der Waals surface area contributed by atoms with Gasteiger partial charge in [0.1, 0.15) is 0 Å². The summed E-state index contributed by atoms with van der Waals surface area (Å²) < 4.78 is 13.1. The summed E-state index contributed by atoms with van der Waals surface area (Å²) in [5.41, 5.74) is 0.389. The van der Waals surface area contributed by atoms with Gasteiger partial charge in [-0.15, -0.1) is 0 Å².